The summed E-state index contributed by atoms with van der Waals surface area (Å²) >= 11 is 1.41. The third-order valence-electron chi connectivity index (χ3n) is 2.23. The Morgan fingerprint density at radius 3 is 2.89 bits per heavy atom. The molecule has 2 aromatic rings. The van der Waals surface area contributed by atoms with Gasteiger partial charge >= 0.3 is 5.97 Å². The predicted molar refractivity (Wildman–Crippen MR) is 67.3 cm³/mol. The van der Waals surface area contributed by atoms with Crippen LogP contribution in [-0.2, 0) is 6.54 Å². The van der Waals surface area contributed by atoms with E-state index in [0.29, 0.717) is 6.54 Å². The molecule has 0 bridgehead atoms. The summed E-state index contributed by atoms with van der Waals surface area (Å²) in [5.74, 6) is -1.19. The summed E-state index contributed by atoms with van der Waals surface area (Å²) < 4.78 is 0. The molecular formula is C10H8N4O4S. The van der Waals surface area contributed by atoms with E-state index in [1.807, 2.05) is 0 Å². The minimum Gasteiger partial charge on any atom is -0.478 e. The Morgan fingerprint density at radius 2 is 2.32 bits per heavy atom. The molecule has 0 fully saturated rings. The molecular weight excluding hydrogens is 272 g/mol. The molecule has 0 spiro atoms. The number of nitrogens with one attached hydrogen (secondary N) is 1. The van der Waals surface area contributed by atoms with Crippen molar-refractivity contribution in [2.45, 2.75) is 6.54 Å². The summed E-state index contributed by atoms with van der Waals surface area (Å²) in [6.45, 7) is 0.357. The Hall–Kier alpha value is -2.55. The highest BCUT2D eigenvalue weighted by Crippen LogP contribution is 2.20. The quantitative estimate of drug-likeness (QED) is 0.632. The van der Waals surface area contributed by atoms with Crippen LogP contribution >= 0.6 is 11.3 Å². The lowest BCUT2D eigenvalue weighted by Crippen LogP contribution is -2.08. The zero-order valence-electron chi connectivity index (χ0n) is 9.44. The van der Waals surface area contributed by atoms with Gasteiger partial charge in [0.15, 0.2) is 0 Å². The van der Waals surface area contributed by atoms with Gasteiger partial charge < -0.3 is 10.4 Å². The number of anilines is 1. The van der Waals surface area contributed by atoms with Gasteiger partial charge in [-0.15, -0.1) is 11.3 Å². The van der Waals surface area contributed by atoms with Gasteiger partial charge in [0.25, 0.3) is 5.69 Å². The summed E-state index contributed by atoms with van der Waals surface area (Å²) in [6.07, 6.45) is 2.66. The Kier molecular flexibility index (Phi) is 3.66. The minimum absolute atomic E-state index is 0.0894. The number of pyridine rings is 1. The molecule has 2 N–H and O–H groups in total. The van der Waals surface area contributed by atoms with Gasteiger partial charge in [-0.3, -0.25) is 15.1 Å². The topological polar surface area (TPSA) is 118 Å². The Balaban J connectivity index is 2.24. The van der Waals surface area contributed by atoms with Crippen LogP contribution in [0.2, 0.25) is 0 Å². The number of hydrogen-bond acceptors (Lipinski definition) is 7. The van der Waals surface area contributed by atoms with Crippen molar-refractivity contribution in [1.29, 1.82) is 0 Å². The number of rotatable bonds is 5. The Bertz CT molecular complexity index is 614. The number of carboxylic acids is 1. The van der Waals surface area contributed by atoms with Crippen molar-refractivity contribution in [3.63, 3.8) is 0 Å². The maximum Gasteiger partial charge on any atom is 0.339 e. The molecule has 0 aliphatic carbocycles. The second-order valence-electron chi connectivity index (χ2n) is 3.47. The van der Waals surface area contributed by atoms with Crippen LogP contribution in [0.1, 0.15) is 15.2 Å². The van der Waals surface area contributed by atoms with Crippen LogP contribution in [-0.4, -0.2) is 26.0 Å². The van der Waals surface area contributed by atoms with Crippen molar-refractivity contribution in [3.05, 3.63) is 44.5 Å². The van der Waals surface area contributed by atoms with Crippen LogP contribution in [0, 0.1) is 10.1 Å². The zero-order chi connectivity index (χ0) is 13.8. The van der Waals surface area contributed by atoms with E-state index in [0.717, 1.165) is 17.1 Å². The summed E-state index contributed by atoms with van der Waals surface area (Å²) in [6, 6.07) is 0.977. The van der Waals surface area contributed by atoms with E-state index >= 15 is 0 Å². The number of carbonyl (C=O) groups is 1. The molecule has 0 aliphatic heterocycles. The monoisotopic (exact) mass is 280 g/mol. The van der Waals surface area contributed by atoms with E-state index in [4.69, 9.17) is 5.11 Å². The molecule has 9 heteroatoms. The fraction of sp³-hybridized carbons (Fsp3) is 0.100. The average molecular weight is 280 g/mol. The Labute approximate surface area is 110 Å². The van der Waals surface area contributed by atoms with Crippen molar-refractivity contribution in [3.8, 4) is 0 Å². The van der Waals surface area contributed by atoms with E-state index in [9.17, 15) is 14.9 Å². The maximum atomic E-state index is 11.0. The maximum absolute atomic E-state index is 11.0. The molecule has 0 aromatic carbocycles. The Morgan fingerprint density at radius 1 is 1.53 bits per heavy atom. The van der Waals surface area contributed by atoms with Gasteiger partial charge in [-0.05, 0) is 0 Å². The summed E-state index contributed by atoms with van der Waals surface area (Å²) in [7, 11) is 0. The van der Waals surface area contributed by atoms with Gasteiger partial charge in [-0.25, -0.2) is 9.78 Å². The fourth-order valence-corrected chi connectivity index (χ4v) is 1.89. The highest BCUT2D eigenvalue weighted by molar-refractivity contribution is 7.09. The van der Waals surface area contributed by atoms with Crippen LogP contribution in [0.15, 0.2) is 24.0 Å². The lowest BCUT2D eigenvalue weighted by atomic mass is 10.2. The van der Waals surface area contributed by atoms with Gasteiger partial charge in [-0.2, -0.15) is 0 Å². The zero-order valence-corrected chi connectivity index (χ0v) is 10.3. The van der Waals surface area contributed by atoms with E-state index < -0.39 is 10.9 Å². The number of thiazole rings is 1. The first kappa shape index (κ1) is 12.9. The largest absolute Gasteiger partial charge is 0.478 e. The number of aromatic nitrogens is 2. The van der Waals surface area contributed by atoms with E-state index in [2.05, 4.69) is 15.3 Å². The molecule has 0 amide bonds. The number of nitro groups is 1. The van der Waals surface area contributed by atoms with Crippen molar-refractivity contribution < 1.29 is 14.8 Å². The van der Waals surface area contributed by atoms with Crippen LogP contribution in [0.25, 0.3) is 0 Å². The molecule has 0 radical (unpaired) electrons. The van der Waals surface area contributed by atoms with E-state index in [1.165, 1.54) is 11.3 Å². The second-order valence-corrected chi connectivity index (χ2v) is 4.44. The van der Waals surface area contributed by atoms with Crippen LogP contribution in [0.3, 0.4) is 0 Å². The molecule has 2 heterocycles. The molecule has 0 atom stereocenters. The van der Waals surface area contributed by atoms with Crippen molar-refractivity contribution >= 4 is 28.8 Å². The number of nitrogens with zero attached hydrogens (tertiary/aromatic N) is 3. The average Bonchev–Trinajstić information content (AvgIpc) is 2.89. The standard InChI is InChI=1S/C10H8N4O4S/c15-10(16)8-1-6(14(17)18)2-12-9(8)13-4-7-3-11-5-19-7/h1-3,5H,4H2,(H,12,13)(H,15,16). The fourth-order valence-electron chi connectivity index (χ4n) is 1.36. The molecule has 0 unspecified atom stereocenters. The number of carboxylic acid groups (broad SMARTS) is 1. The lowest BCUT2D eigenvalue weighted by Gasteiger charge is -2.06. The molecule has 19 heavy (non-hydrogen) atoms. The lowest BCUT2D eigenvalue weighted by molar-refractivity contribution is -0.385. The summed E-state index contributed by atoms with van der Waals surface area (Å²) in [4.78, 5) is 29.5. The smallest absolute Gasteiger partial charge is 0.339 e. The highest BCUT2D eigenvalue weighted by atomic mass is 32.1. The van der Waals surface area contributed by atoms with E-state index in [1.54, 1.807) is 11.7 Å². The third-order valence-corrected chi connectivity index (χ3v) is 3.01. The third kappa shape index (κ3) is 3.01. The number of aromatic carboxylic acids is 1. The number of hydrogen-bond donors (Lipinski definition) is 2. The van der Waals surface area contributed by atoms with Crippen LogP contribution in [0.4, 0.5) is 11.5 Å². The predicted octanol–water partition coefficient (Wildman–Crippen LogP) is 1.76. The van der Waals surface area contributed by atoms with Crippen molar-refractivity contribution in [2.24, 2.45) is 0 Å². The van der Waals surface area contributed by atoms with Crippen molar-refractivity contribution in [2.75, 3.05) is 5.32 Å². The highest BCUT2D eigenvalue weighted by Gasteiger charge is 2.17. The molecule has 0 saturated heterocycles. The first-order valence-corrected chi connectivity index (χ1v) is 5.95. The SMILES string of the molecule is O=C(O)c1cc([N+](=O)[O-])cnc1NCc1cncs1. The molecule has 0 saturated carbocycles. The molecule has 0 aliphatic rings. The molecule has 8 nitrogen and oxygen atoms in total. The van der Waals surface area contributed by atoms with Gasteiger partial charge in [0.2, 0.25) is 0 Å². The van der Waals surface area contributed by atoms with Gasteiger partial charge in [0.1, 0.15) is 17.6 Å². The van der Waals surface area contributed by atoms with Crippen LogP contribution in [0.5, 0.6) is 0 Å². The van der Waals surface area contributed by atoms with E-state index in [-0.39, 0.29) is 17.1 Å². The first-order chi connectivity index (χ1) is 9.08. The molecule has 2 aromatic heterocycles. The second kappa shape index (κ2) is 5.40. The molecule has 2 rings (SSSR count). The van der Waals surface area contributed by atoms with Gasteiger partial charge in [0, 0.05) is 17.1 Å². The molecule has 98 valence electrons. The van der Waals surface area contributed by atoms with Gasteiger partial charge in [0.05, 0.1) is 17.0 Å². The minimum atomic E-state index is -1.27. The van der Waals surface area contributed by atoms with Crippen molar-refractivity contribution in [1.82, 2.24) is 9.97 Å². The van der Waals surface area contributed by atoms with Gasteiger partial charge in [-0.1, -0.05) is 0 Å². The summed E-state index contributed by atoms with van der Waals surface area (Å²) in [5, 5.41) is 22.4. The van der Waals surface area contributed by atoms with Crippen LogP contribution < -0.4 is 5.32 Å². The normalized spacial score (nSPS) is 10.1. The first-order valence-electron chi connectivity index (χ1n) is 5.07. The summed E-state index contributed by atoms with van der Waals surface area (Å²) in [5.41, 5.74) is 1.05.